The van der Waals surface area contributed by atoms with E-state index in [1.54, 1.807) is 0 Å². The van der Waals surface area contributed by atoms with Crippen molar-refractivity contribution in [3.05, 3.63) is 34.9 Å². The number of aromatic nitrogens is 5. The lowest BCUT2D eigenvalue weighted by molar-refractivity contribution is 0.0973. The zero-order chi connectivity index (χ0) is 13.8. The molecule has 1 aliphatic carbocycles. The Labute approximate surface area is 108 Å². The maximum absolute atomic E-state index is 12.3. The monoisotopic (exact) mass is 257 g/mol. The van der Waals surface area contributed by atoms with Crippen molar-refractivity contribution in [1.82, 2.24) is 25.2 Å². The smallest absolute Gasteiger partial charge is 0.218 e. The van der Waals surface area contributed by atoms with E-state index in [0.717, 1.165) is 0 Å². The first-order valence-electron chi connectivity index (χ1n) is 5.77. The maximum atomic E-state index is 12.3. The molecule has 0 aromatic carbocycles. The fourth-order valence-corrected chi connectivity index (χ4v) is 1.85. The molecule has 0 atom stereocenters. The summed E-state index contributed by atoms with van der Waals surface area (Å²) in [5.41, 5.74) is 0.225. The van der Waals surface area contributed by atoms with Crippen LogP contribution < -0.4 is 0 Å². The van der Waals surface area contributed by atoms with Gasteiger partial charge in [0.25, 0.3) is 0 Å². The molecule has 0 saturated carbocycles. The van der Waals surface area contributed by atoms with Crippen molar-refractivity contribution in [1.29, 1.82) is 0 Å². The molecule has 19 heavy (non-hydrogen) atoms. The Balaban J connectivity index is 2.24. The van der Waals surface area contributed by atoms with E-state index in [9.17, 15) is 9.59 Å². The van der Waals surface area contributed by atoms with Crippen molar-refractivity contribution >= 4 is 11.6 Å². The number of nitrogens with zero attached hydrogens (tertiary/aromatic N) is 5. The van der Waals surface area contributed by atoms with Crippen LogP contribution in [0.3, 0.4) is 0 Å². The third-order valence-electron chi connectivity index (χ3n) is 2.86. The van der Waals surface area contributed by atoms with Crippen LogP contribution in [-0.2, 0) is 5.54 Å². The number of carbonyl (C=O) groups excluding carboxylic acids is 2. The minimum Gasteiger partial charge on any atom is -0.287 e. The lowest BCUT2D eigenvalue weighted by Gasteiger charge is -2.16. The van der Waals surface area contributed by atoms with Gasteiger partial charge in [-0.3, -0.25) is 9.59 Å². The predicted molar refractivity (Wildman–Crippen MR) is 63.9 cm³/mol. The Morgan fingerprint density at radius 2 is 1.32 bits per heavy atom. The van der Waals surface area contributed by atoms with Gasteiger partial charge in [-0.2, -0.15) is 15.0 Å². The topological polar surface area (TPSA) is 90.6 Å². The number of hydrogen-bond acceptors (Lipinski definition) is 6. The minimum absolute atomic E-state index is 0.0837. The van der Waals surface area contributed by atoms with Crippen molar-refractivity contribution in [3.8, 4) is 0 Å². The maximum Gasteiger partial charge on any atom is 0.218 e. The molecule has 0 amide bonds. The van der Waals surface area contributed by atoms with Gasteiger partial charge in [-0.15, -0.1) is 10.2 Å². The number of hydrogen-bond donors (Lipinski definition) is 0. The van der Waals surface area contributed by atoms with Gasteiger partial charge in [0.1, 0.15) is 0 Å². The lowest BCUT2D eigenvalue weighted by atomic mass is 9.93. The van der Waals surface area contributed by atoms with Crippen molar-refractivity contribution < 1.29 is 9.59 Å². The largest absolute Gasteiger partial charge is 0.287 e. The van der Waals surface area contributed by atoms with Gasteiger partial charge in [0.15, 0.2) is 11.4 Å². The van der Waals surface area contributed by atoms with Gasteiger partial charge in [0.2, 0.25) is 11.6 Å². The van der Waals surface area contributed by atoms with E-state index in [0.29, 0.717) is 0 Å². The molecule has 96 valence electrons. The molecule has 7 heteroatoms. The average Bonchev–Trinajstić information content (AvgIpc) is 2.81. The van der Waals surface area contributed by atoms with Crippen LogP contribution in [0.4, 0.5) is 0 Å². The first-order valence-corrected chi connectivity index (χ1v) is 5.77. The van der Waals surface area contributed by atoms with E-state index in [1.165, 1.54) is 17.2 Å². The molecule has 0 radical (unpaired) electrons. The zero-order valence-electron chi connectivity index (χ0n) is 10.7. The summed E-state index contributed by atoms with van der Waals surface area (Å²) < 4.78 is 0. The average molecular weight is 257 g/mol. The molecule has 7 nitrogen and oxygen atoms in total. The Hall–Kier alpha value is -2.44. The molecule has 0 spiro atoms. The fourth-order valence-electron chi connectivity index (χ4n) is 1.85. The van der Waals surface area contributed by atoms with Crippen LogP contribution in [-0.4, -0.2) is 36.8 Å². The fraction of sp³-hybridized carbons (Fsp3) is 0.333. The summed E-state index contributed by atoms with van der Waals surface area (Å²) in [7, 11) is 0. The van der Waals surface area contributed by atoms with Crippen LogP contribution in [0.5, 0.6) is 0 Å². The second-order valence-electron chi connectivity index (χ2n) is 5.33. The Morgan fingerprint density at radius 1 is 0.895 bits per heavy atom. The Bertz CT molecular complexity index is 659. The van der Waals surface area contributed by atoms with Crippen molar-refractivity contribution in [3.63, 3.8) is 0 Å². The van der Waals surface area contributed by atoms with Crippen LogP contribution in [0.2, 0.25) is 0 Å². The summed E-state index contributed by atoms with van der Waals surface area (Å²) in [6.07, 6.45) is 2.57. The quantitative estimate of drug-likeness (QED) is 0.585. The van der Waals surface area contributed by atoms with Crippen LogP contribution in [0.25, 0.3) is 0 Å². The normalized spacial score (nSPS) is 14.3. The zero-order valence-corrected chi connectivity index (χ0v) is 10.7. The molecule has 2 aromatic heterocycles. The van der Waals surface area contributed by atoms with E-state index in [2.05, 4.69) is 20.4 Å². The van der Waals surface area contributed by atoms with E-state index < -0.39 is 5.54 Å². The first kappa shape index (κ1) is 11.6. The Kier molecular flexibility index (Phi) is 2.16. The van der Waals surface area contributed by atoms with E-state index >= 15 is 0 Å². The lowest BCUT2D eigenvalue weighted by Crippen LogP contribution is -2.25. The van der Waals surface area contributed by atoms with Gasteiger partial charge >= 0.3 is 0 Å². The highest BCUT2D eigenvalue weighted by atomic mass is 16.1. The number of rotatable bonds is 0. The SMILES string of the molecule is CC(C)(C)n1nc2c(n1)C(=O)c1cnncc1C2=O. The molecule has 2 heterocycles. The summed E-state index contributed by atoms with van der Waals surface area (Å²) in [6.45, 7) is 5.68. The molecule has 0 fully saturated rings. The van der Waals surface area contributed by atoms with Crippen LogP contribution in [0, 0.1) is 0 Å². The van der Waals surface area contributed by atoms with Crippen molar-refractivity contribution in [2.75, 3.05) is 0 Å². The van der Waals surface area contributed by atoms with E-state index in [1.807, 2.05) is 20.8 Å². The summed E-state index contributed by atoms with van der Waals surface area (Å²) in [6, 6.07) is 0. The van der Waals surface area contributed by atoms with Crippen LogP contribution >= 0.6 is 0 Å². The highest BCUT2D eigenvalue weighted by molar-refractivity contribution is 6.26. The summed E-state index contributed by atoms with van der Waals surface area (Å²) >= 11 is 0. The van der Waals surface area contributed by atoms with E-state index in [-0.39, 0.29) is 34.1 Å². The van der Waals surface area contributed by atoms with Gasteiger partial charge in [0, 0.05) is 0 Å². The molecule has 2 aromatic rings. The van der Waals surface area contributed by atoms with Gasteiger partial charge in [-0.1, -0.05) is 0 Å². The second kappa shape index (κ2) is 3.53. The minimum atomic E-state index is -0.402. The number of carbonyl (C=O) groups is 2. The standard InChI is InChI=1S/C12H11N5O2/c1-12(2,3)17-15-8-9(16-17)11(19)7-5-14-13-4-6(7)10(8)18/h4-5H,1-3H3. The number of ketones is 2. The Morgan fingerprint density at radius 3 is 1.68 bits per heavy atom. The van der Waals surface area contributed by atoms with Crippen LogP contribution in [0.1, 0.15) is 52.9 Å². The molecular weight excluding hydrogens is 246 g/mol. The predicted octanol–water partition coefficient (Wildman–Crippen LogP) is 0.598. The van der Waals surface area contributed by atoms with Crippen molar-refractivity contribution in [2.24, 2.45) is 0 Å². The van der Waals surface area contributed by atoms with Crippen LogP contribution in [0.15, 0.2) is 12.4 Å². The first-order chi connectivity index (χ1) is 8.89. The molecule has 0 unspecified atom stereocenters. The summed E-state index contributed by atoms with van der Waals surface area (Å²) in [4.78, 5) is 25.9. The highest BCUT2D eigenvalue weighted by Gasteiger charge is 2.36. The molecule has 3 rings (SSSR count). The number of fused-ring (bicyclic) bond motifs is 2. The molecular formula is C12H11N5O2. The summed E-state index contributed by atoms with van der Waals surface area (Å²) in [5.74, 6) is -0.676. The highest BCUT2D eigenvalue weighted by Crippen LogP contribution is 2.24. The molecule has 0 bridgehead atoms. The molecule has 1 aliphatic rings. The third-order valence-corrected chi connectivity index (χ3v) is 2.86. The second-order valence-corrected chi connectivity index (χ2v) is 5.33. The molecule has 0 N–H and O–H groups in total. The third kappa shape index (κ3) is 1.58. The summed E-state index contributed by atoms with van der Waals surface area (Å²) in [5, 5.41) is 15.5. The van der Waals surface area contributed by atoms with Crippen molar-refractivity contribution in [2.45, 2.75) is 26.3 Å². The van der Waals surface area contributed by atoms with Gasteiger partial charge in [-0.05, 0) is 20.8 Å². The van der Waals surface area contributed by atoms with Gasteiger partial charge in [-0.25, -0.2) is 0 Å². The van der Waals surface area contributed by atoms with Gasteiger partial charge < -0.3 is 0 Å². The molecule has 0 saturated heterocycles. The van der Waals surface area contributed by atoms with Gasteiger partial charge in [0.05, 0.1) is 29.1 Å². The van der Waals surface area contributed by atoms with E-state index in [4.69, 9.17) is 0 Å². The molecule has 0 aliphatic heterocycles.